The number of phenols is 1. The van der Waals surface area contributed by atoms with Gasteiger partial charge in [-0.2, -0.15) is 0 Å². The van der Waals surface area contributed by atoms with Crippen molar-refractivity contribution in [3.8, 4) is 17.0 Å². The Bertz CT molecular complexity index is 1300. The van der Waals surface area contributed by atoms with Gasteiger partial charge in [0.25, 0.3) is 0 Å². The summed E-state index contributed by atoms with van der Waals surface area (Å²) in [6.07, 6.45) is 4.03. The number of aromatic hydroxyl groups is 1. The van der Waals surface area contributed by atoms with E-state index in [1.54, 1.807) is 33.7 Å². The number of ether oxygens (including phenoxy) is 1. The molecule has 1 aromatic carbocycles. The highest BCUT2D eigenvalue weighted by atomic mass is 32.2. The summed E-state index contributed by atoms with van der Waals surface area (Å²) >= 11 is 0. The molecule has 0 radical (unpaired) electrons. The van der Waals surface area contributed by atoms with Crippen molar-refractivity contribution < 1.29 is 23.1 Å². The van der Waals surface area contributed by atoms with Crippen LogP contribution < -0.4 is 4.90 Å². The number of piperazine rings is 1. The Morgan fingerprint density at radius 2 is 1.79 bits per heavy atom. The van der Waals surface area contributed by atoms with Crippen LogP contribution in [-0.2, 0) is 19.4 Å². The van der Waals surface area contributed by atoms with Gasteiger partial charge in [0.1, 0.15) is 11.6 Å². The van der Waals surface area contributed by atoms with Gasteiger partial charge in [-0.3, -0.25) is 9.69 Å². The number of rotatable bonds is 6. The molecule has 3 aromatic rings. The average molecular weight is 487 g/mol. The molecule has 0 bridgehead atoms. The lowest BCUT2D eigenvalue weighted by Gasteiger charge is -2.31. The molecule has 34 heavy (non-hydrogen) atoms. The van der Waals surface area contributed by atoms with Gasteiger partial charge in [-0.25, -0.2) is 18.4 Å². The van der Waals surface area contributed by atoms with Crippen LogP contribution in [0.15, 0.2) is 41.7 Å². The lowest BCUT2D eigenvalue weighted by Crippen LogP contribution is -2.47. The fraction of sp³-hybridized carbons (Fsp3) is 0.409. The number of hydrogen-bond donors (Lipinski definition) is 1. The zero-order valence-electron chi connectivity index (χ0n) is 18.6. The number of aromatic nitrogens is 3. The molecule has 2 aliphatic rings. The summed E-state index contributed by atoms with van der Waals surface area (Å²) in [5, 5.41) is 9.91. The summed E-state index contributed by atoms with van der Waals surface area (Å²) in [6, 6.07) is 6.77. The number of anilines is 1. The van der Waals surface area contributed by atoms with E-state index in [0.717, 1.165) is 6.41 Å². The Balaban J connectivity index is 1.52. The molecular weight excluding hydrogens is 460 g/mol. The van der Waals surface area contributed by atoms with Gasteiger partial charge in [-0.15, -0.1) is 0 Å². The molecule has 2 fully saturated rings. The number of benzene rings is 1. The van der Waals surface area contributed by atoms with Crippen LogP contribution in [0.3, 0.4) is 0 Å². The predicted octanol–water partition coefficient (Wildman–Crippen LogP) is 0.444. The van der Waals surface area contributed by atoms with E-state index in [4.69, 9.17) is 9.72 Å². The molecule has 2 aliphatic heterocycles. The minimum Gasteiger partial charge on any atom is -0.508 e. The molecule has 11 nitrogen and oxygen atoms in total. The molecule has 1 amide bonds. The quantitative estimate of drug-likeness (QED) is 0.495. The van der Waals surface area contributed by atoms with E-state index in [-0.39, 0.29) is 16.7 Å². The number of nitrogens with zero attached hydrogens (tertiary/aromatic N) is 6. The maximum atomic E-state index is 13.2. The lowest BCUT2D eigenvalue weighted by molar-refractivity contribution is -0.119. The predicted molar refractivity (Wildman–Crippen MR) is 124 cm³/mol. The van der Waals surface area contributed by atoms with Crippen molar-refractivity contribution in [3.63, 3.8) is 0 Å². The van der Waals surface area contributed by atoms with Gasteiger partial charge in [0.15, 0.2) is 16.5 Å². The van der Waals surface area contributed by atoms with E-state index in [0.29, 0.717) is 75.2 Å². The van der Waals surface area contributed by atoms with Crippen LogP contribution in [0.25, 0.3) is 16.9 Å². The monoisotopic (exact) mass is 486 g/mol. The van der Waals surface area contributed by atoms with Crippen LogP contribution in [0.2, 0.25) is 0 Å². The summed E-state index contributed by atoms with van der Waals surface area (Å²) in [5.41, 5.74) is 1.76. The van der Waals surface area contributed by atoms with E-state index in [1.807, 2.05) is 15.9 Å². The zero-order valence-corrected chi connectivity index (χ0v) is 19.4. The number of morpholine rings is 1. The van der Waals surface area contributed by atoms with Gasteiger partial charge in [-0.1, -0.05) is 12.1 Å². The SMILES string of the molecule is O=CN1CCN(CS(=O)(=O)c2cn3cc(-c4cccc(O)c4)nc(N4CCOCC4)c3n2)CC1. The average Bonchev–Trinajstić information content (AvgIpc) is 3.30. The molecule has 2 aromatic heterocycles. The maximum Gasteiger partial charge on any atom is 0.210 e. The Kier molecular flexibility index (Phi) is 6.11. The summed E-state index contributed by atoms with van der Waals surface area (Å²) in [7, 11) is -3.70. The van der Waals surface area contributed by atoms with Gasteiger partial charge in [0.05, 0.1) is 18.9 Å². The summed E-state index contributed by atoms with van der Waals surface area (Å²) in [6.45, 7) is 4.31. The third kappa shape index (κ3) is 4.56. The molecule has 12 heteroatoms. The number of carbonyl (C=O) groups excluding carboxylic acids is 1. The molecule has 0 aliphatic carbocycles. The molecule has 1 N–H and O–H groups in total. The minimum atomic E-state index is -3.70. The normalized spacial score (nSPS) is 17.9. The summed E-state index contributed by atoms with van der Waals surface area (Å²) < 4.78 is 33.6. The van der Waals surface area contributed by atoms with Gasteiger partial charge in [0, 0.05) is 57.2 Å². The molecule has 2 saturated heterocycles. The van der Waals surface area contributed by atoms with Gasteiger partial charge < -0.3 is 24.0 Å². The van der Waals surface area contributed by atoms with Crippen LogP contribution in [0.5, 0.6) is 5.75 Å². The first-order valence-corrected chi connectivity index (χ1v) is 12.7. The molecule has 0 atom stereocenters. The highest BCUT2D eigenvalue weighted by Crippen LogP contribution is 2.28. The second-order valence-corrected chi connectivity index (χ2v) is 10.3. The number of amides is 1. The Morgan fingerprint density at radius 1 is 1.03 bits per heavy atom. The van der Waals surface area contributed by atoms with E-state index in [1.165, 1.54) is 6.20 Å². The number of phenolic OH excluding ortho intramolecular Hbond substituents is 1. The smallest absolute Gasteiger partial charge is 0.210 e. The molecular formula is C22H26N6O5S. The van der Waals surface area contributed by atoms with Crippen molar-refractivity contribution in [2.24, 2.45) is 0 Å². The fourth-order valence-corrected chi connectivity index (χ4v) is 5.58. The van der Waals surface area contributed by atoms with Crippen LogP contribution >= 0.6 is 0 Å². The standard InChI is InChI=1S/C22H26N6O5S/c29-15-25-4-6-26(7-5-25)16-34(31,32)20-14-28-13-19(17-2-1-3-18(30)12-17)23-21(22(28)24-20)27-8-10-33-11-9-27/h1-3,12-15,30H,4-11,16H2. The second kappa shape index (κ2) is 9.20. The van der Waals surface area contributed by atoms with Crippen molar-refractivity contribution in [1.82, 2.24) is 24.2 Å². The first-order chi connectivity index (χ1) is 16.4. The van der Waals surface area contributed by atoms with E-state index >= 15 is 0 Å². The topological polar surface area (TPSA) is 121 Å². The molecule has 5 rings (SSSR count). The lowest BCUT2D eigenvalue weighted by atomic mass is 10.1. The highest BCUT2D eigenvalue weighted by Gasteiger charge is 2.27. The van der Waals surface area contributed by atoms with Crippen molar-refractivity contribution in [2.75, 3.05) is 63.3 Å². The molecule has 0 spiro atoms. The number of sulfone groups is 1. The van der Waals surface area contributed by atoms with Gasteiger partial charge >= 0.3 is 0 Å². The Hall–Kier alpha value is -3.22. The summed E-state index contributed by atoms with van der Waals surface area (Å²) in [5.74, 6) is 0.532. The van der Waals surface area contributed by atoms with Crippen LogP contribution in [0, 0.1) is 0 Å². The molecule has 180 valence electrons. The summed E-state index contributed by atoms with van der Waals surface area (Å²) in [4.78, 5) is 25.7. The largest absolute Gasteiger partial charge is 0.508 e. The maximum absolute atomic E-state index is 13.2. The van der Waals surface area contributed by atoms with E-state index in [9.17, 15) is 18.3 Å². The second-order valence-electron chi connectivity index (χ2n) is 8.41. The minimum absolute atomic E-state index is 0.0188. The molecule has 0 unspecified atom stereocenters. The third-order valence-electron chi connectivity index (χ3n) is 6.08. The number of fused-ring (bicyclic) bond motifs is 1. The van der Waals surface area contributed by atoms with Crippen molar-refractivity contribution in [1.29, 1.82) is 0 Å². The van der Waals surface area contributed by atoms with Gasteiger partial charge in [0.2, 0.25) is 16.2 Å². The first kappa shape index (κ1) is 22.6. The van der Waals surface area contributed by atoms with Gasteiger partial charge in [-0.05, 0) is 12.1 Å². The van der Waals surface area contributed by atoms with E-state index in [2.05, 4.69) is 4.98 Å². The van der Waals surface area contributed by atoms with Crippen molar-refractivity contribution >= 4 is 27.7 Å². The highest BCUT2D eigenvalue weighted by molar-refractivity contribution is 7.91. The number of carbonyl (C=O) groups is 1. The third-order valence-corrected chi connectivity index (χ3v) is 7.62. The number of imidazole rings is 1. The van der Waals surface area contributed by atoms with Crippen molar-refractivity contribution in [2.45, 2.75) is 5.03 Å². The number of hydrogen-bond acceptors (Lipinski definition) is 9. The first-order valence-electron chi connectivity index (χ1n) is 11.1. The zero-order chi connectivity index (χ0) is 23.7. The molecule has 0 saturated carbocycles. The Morgan fingerprint density at radius 3 is 2.50 bits per heavy atom. The van der Waals surface area contributed by atoms with Crippen molar-refractivity contribution in [3.05, 3.63) is 36.7 Å². The fourth-order valence-electron chi connectivity index (χ4n) is 4.21. The van der Waals surface area contributed by atoms with Crippen LogP contribution in [0.1, 0.15) is 0 Å². The Labute approximate surface area is 197 Å². The molecule has 4 heterocycles. The van der Waals surface area contributed by atoms with Crippen LogP contribution in [0.4, 0.5) is 5.82 Å². The van der Waals surface area contributed by atoms with Crippen LogP contribution in [-0.4, -0.2) is 102 Å². The van der Waals surface area contributed by atoms with E-state index < -0.39 is 9.84 Å².